The molecule has 0 saturated heterocycles. The number of aliphatic carboxylic acids is 1. The Morgan fingerprint density at radius 3 is 2.78 bits per heavy atom. The second kappa shape index (κ2) is 6.15. The smallest absolute Gasteiger partial charge is 0.334 e. The van der Waals surface area contributed by atoms with E-state index in [9.17, 15) is 9.59 Å². The van der Waals surface area contributed by atoms with Crippen LogP contribution in [0.1, 0.15) is 23.1 Å². The number of carbonyl (C=O) groups excluding carboxylic acids is 1. The number of ether oxygens (including phenoxy) is 1. The summed E-state index contributed by atoms with van der Waals surface area (Å²) in [4.78, 5) is 22.6. The Kier molecular flexibility index (Phi) is 4.85. The van der Waals surface area contributed by atoms with Gasteiger partial charge in [0.1, 0.15) is 5.69 Å². The monoisotopic (exact) mass is 255 g/mol. The van der Waals surface area contributed by atoms with Crippen molar-refractivity contribution in [3.8, 4) is 0 Å². The van der Waals surface area contributed by atoms with Gasteiger partial charge in [-0.25, -0.2) is 4.79 Å². The van der Waals surface area contributed by atoms with Crippen LogP contribution in [0.15, 0.2) is 6.07 Å². The van der Waals surface area contributed by atoms with E-state index in [2.05, 4.69) is 10.4 Å². The fourth-order valence-corrected chi connectivity index (χ4v) is 1.52. The molecule has 1 aromatic heterocycles. The predicted octanol–water partition coefficient (Wildman–Crippen LogP) is 0.0408. The van der Waals surface area contributed by atoms with Crippen LogP contribution in [-0.4, -0.2) is 46.5 Å². The van der Waals surface area contributed by atoms with E-state index < -0.39 is 12.1 Å². The second-order valence-electron chi connectivity index (χ2n) is 3.76. The van der Waals surface area contributed by atoms with E-state index in [1.165, 1.54) is 7.11 Å². The molecular weight excluding hydrogens is 238 g/mol. The lowest BCUT2D eigenvalue weighted by Gasteiger charge is -2.11. The zero-order chi connectivity index (χ0) is 13.7. The molecule has 0 fully saturated rings. The number of amides is 1. The van der Waals surface area contributed by atoms with Gasteiger partial charge in [-0.15, -0.1) is 0 Å². The van der Waals surface area contributed by atoms with Gasteiger partial charge in [0.25, 0.3) is 5.91 Å². The fourth-order valence-electron chi connectivity index (χ4n) is 1.52. The topological polar surface area (TPSA) is 93.5 Å². The minimum absolute atomic E-state index is 0.0847. The summed E-state index contributed by atoms with van der Waals surface area (Å²) in [5.74, 6) is -1.47. The second-order valence-corrected chi connectivity index (χ2v) is 3.76. The van der Waals surface area contributed by atoms with Gasteiger partial charge < -0.3 is 15.2 Å². The molecular formula is C11H17N3O4. The van der Waals surface area contributed by atoms with Crippen LogP contribution >= 0.6 is 0 Å². The van der Waals surface area contributed by atoms with Gasteiger partial charge in [0, 0.05) is 13.7 Å². The first-order chi connectivity index (χ1) is 8.49. The van der Waals surface area contributed by atoms with Gasteiger partial charge >= 0.3 is 5.97 Å². The Morgan fingerprint density at radius 2 is 2.28 bits per heavy atom. The number of nitrogens with one attached hydrogen (secondary N) is 1. The zero-order valence-electron chi connectivity index (χ0n) is 10.6. The highest BCUT2D eigenvalue weighted by Crippen LogP contribution is 2.03. The molecule has 1 heterocycles. The molecule has 18 heavy (non-hydrogen) atoms. The first-order valence-electron chi connectivity index (χ1n) is 5.57. The maximum Gasteiger partial charge on any atom is 0.334 e. The normalized spacial score (nSPS) is 12.2. The van der Waals surface area contributed by atoms with Crippen molar-refractivity contribution in [1.29, 1.82) is 0 Å². The third kappa shape index (κ3) is 3.30. The number of rotatable bonds is 6. The van der Waals surface area contributed by atoms with Gasteiger partial charge in [-0.1, -0.05) is 0 Å². The standard InChI is InChI=1S/C11H17N3O4/c1-4-14-8(5-7(2)13-14)10(15)12-6-9(18-3)11(16)17/h5,9H,4,6H2,1-3H3,(H,12,15)(H,16,17). The molecule has 0 aromatic carbocycles. The van der Waals surface area contributed by atoms with Crippen molar-refractivity contribution < 1.29 is 19.4 Å². The maximum absolute atomic E-state index is 11.9. The first-order valence-corrected chi connectivity index (χ1v) is 5.57. The van der Waals surface area contributed by atoms with Crippen LogP contribution < -0.4 is 5.32 Å². The third-order valence-electron chi connectivity index (χ3n) is 2.44. The van der Waals surface area contributed by atoms with Crippen molar-refractivity contribution in [1.82, 2.24) is 15.1 Å². The van der Waals surface area contributed by atoms with E-state index in [-0.39, 0.29) is 12.5 Å². The number of nitrogens with zero attached hydrogens (tertiary/aromatic N) is 2. The number of hydrogen-bond acceptors (Lipinski definition) is 4. The quantitative estimate of drug-likeness (QED) is 0.748. The van der Waals surface area contributed by atoms with Gasteiger partial charge in [-0.05, 0) is 19.9 Å². The number of carbonyl (C=O) groups is 2. The van der Waals surface area contributed by atoms with Gasteiger partial charge in [0.2, 0.25) is 0 Å². The third-order valence-corrected chi connectivity index (χ3v) is 2.44. The zero-order valence-corrected chi connectivity index (χ0v) is 10.6. The summed E-state index contributed by atoms with van der Waals surface area (Å²) < 4.78 is 6.29. The minimum atomic E-state index is -1.11. The largest absolute Gasteiger partial charge is 0.479 e. The molecule has 1 rings (SSSR count). The van der Waals surface area contributed by atoms with E-state index >= 15 is 0 Å². The molecule has 1 unspecified atom stereocenters. The molecule has 1 amide bonds. The SMILES string of the molecule is CCn1nc(C)cc1C(=O)NCC(OC)C(=O)O. The van der Waals surface area contributed by atoms with Crippen LogP contribution in [0.5, 0.6) is 0 Å². The average molecular weight is 255 g/mol. The lowest BCUT2D eigenvalue weighted by molar-refractivity contribution is -0.148. The summed E-state index contributed by atoms with van der Waals surface area (Å²) in [7, 11) is 1.28. The maximum atomic E-state index is 11.9. The van der Waals surface area contributed by atoms with Crippen molar-refractivity contribution >= 4 is 11.9 Å². The van der Waals surface area contributed by atoms with Crippen molar-refractivity contribution in [2.75, 3.05) is 13.7 Å². The molecule has 7 nitrogen and oxygen atoms in total. The van der Waals surface area contributed by atoms with E-state index in [1.807, 2.05) is 6.92 Å². The first kappa shape index (κ1) is 14.2. The number of aromatic nitrogens is 2. The summed E-state index contributed by atoms with van der Waals surface area (Å²) in [5.41, 5.74) is 1.15. The molecule has 0 spiro atoms. The molecule has 0 aliphatic heterocycles. The van der Waals surface area contributed by atoms with E-state index in [4.69, 9.17) is 9.84 Å². The Hall–Kier alpha value is -1.89. The number of carboxylic acid groups (broad SMARTS) is 1. The van der Waals surface area contributed by atoms with Crippen LogP contribution in [0.25, 0.3) is 0 Å². The van der Waals surface area contributed by atoms with Crippen LogP contribution in [0.3, 0.4) is 0 Å². The highest BCUT2D eigenvalue weighted by Gasteiger charge is 2.19. The Balaban J connectivity index is 2.67. The van der Waals surface area contributed by atoms with Gasteiger partial charge in [0.15, 0.2) is 6.10 Å². The van der Waals surface area contributed by atoms with E-state index in [0.29, 0.717) is 12.2 Å². The average Bonchev–Trinajstić information content (AvgIpc) is 2.70. The highest BCUT2D eigenvalue weighted by atomic mass is 16.5. The van der Waals surface area contributed by atoms with Crippen LogP contribution in [0.4, 0.5) is 0 Å². The summed E-state index contributed by atoms with van der Waals surface area (Å²) in [5, 5.41) is 15.4. The summed E-state index contributed by atoms with van der Waals surface area (Å²) >= 11 is 0. The predicted molar refractivity (Wildman–Crippen MR) is 63.4 cm³/mol. The summed E-state index contributed by atoms with van der Waals surface area (Å²) in [6, 6.07) is 1.65. The van der Waals surface area contributed by atoms with Gasteiger partial charge in [-0.3, -0.25) is 9.48 Å². The Morgan fingerprint density at radius 1 is 1.61 bits per heavy atom. The van der Waals surface area contributed by atoms with Crippen LogP contribution in [0, 0.1) is 6.92 Å². The summed E-state index contributed by atoms with van der Waals surface area (Å²) in [6.45, 7) is 4.15. The van der Waals surface area contributed by atoms with E-state index in [0.717, 1.165) is 5.69 Å². The van der Waals surface area contributed by atoms with Crippen molar-refractivity contribution in [3.05, 3.63) is 17.5 Å². The molecule has 1 aromatic rings. The Labute approximate surface area is 105 Å². The molecule has 0 radical (unpaired) electrons. The van der Waals surface area contributed by atoms with E-state index in [1.54, 1.807) is 17.7 Å². The number of carboxylic acids is 1. The molecule has 2 N–H and O–H groups in total. The van der Waals surface area contributed by atoms with Crippen LogP contribution in [-0.2, 0) is 16.1 Å². The molecule has 0 saturated carbocycles. The summed E-state index contributed by atoms with van der Waals surface area (Å²) in [6.07, 6.45) is -1.05. The lowest BCUT2D eigenvalue weighted by Crippen LogP contribution is -2.38. The van der Waals surface area contributed by atoms with Crippen molar-refractivity contribution in [2.24, 2.45) is 0 Å². The number of methoxy groups -OCH3 is 1. The fraction of sp³-hybridized carbons (Fsp3) is 0.545. The minimum Gasteiger partial charge on any atom is -0.479 e. The molecule has 1 atom stereocenters. The Bertz CT molecular complexity index is 441. The number of hydrogen-bond donors (Lipinski definition) is 2. The van der Waals surface area contributed by atoms with Crippen LogP contribution in [0.2, 0.25) is 0 Å². The molecule has 0 aliphatic rings. The molecule has 0 aliphatic carbocycles. The number of aryl methyl sites for hydroxylation is 2. The molecule has 7 heteroatoms. The lowest BCUT2D eigenvalue weighted by atomic mass is 10.3. The highest BCUT2D eigenvalue weighted by molar-refractivity contribution is 5.93. The molecule has 100 valence electrons. The van der Waals surface area contributed by atoms with Crippen molar-refractivity contribution in [2.45, 2.75) is 26.5 Å². The molecule has 0 bridgehead atoms. The van der Waals surface area contributed by atoms with Gasteiger partial charge in [-0.2, -0.15) is 5.10 Å². The van der Waals surface area contributed by atoms with Crippen molar-refractivity contribution in [3.63, 3.8) is 0 Å². The van der Waals surface area contributed by atoms with Gasteiger partial charge in [0.05, 0.1) is 12.2 Å².